The third-order valence-corrected chi connectivity index (χ3v) is 7.36. The van der Waals surface area contributed by atoms with Crippen LogP contribution in [0.4, 0.5) is 10.5 Å². The molecule has 0 radical (unpaired) electrons. The van der Waals surface area contributed by atoms with E-state index in [2.05, 4.69) is 48.3 Å². The Morgan fingerprint density at radius 1 is 1.21 bits per heavy atom. The molecule has 0 aromatic heterocycles. The van der Waals surface area contributed by atoms with Crippen molar-refractivity contribution in [1.82, 2.24) is 10.6 Å². The van der Waals surface area contributed by atoms with Gasteiger partial charge in [-0.1, -0.05) is 56.4 Å². The summed E-state index contributed by atoms with van der Waals surface area (Å²) < 4.78 is 5.40. The van der Waals surface area contributed by atoms with Gasteiger partial charge in [0.2, 0.25) is 5.90 Å². The van der Waals surface area contributed by atoms with Crippen molar-refractivity contribution < 1.29 is 14.7 Å². The Bertz CT molecular complexity index is 1110. The number of urea groups is 1. The number of hydrogen-bond donors (Lipinski definition) is 5. The number of anilines is 1. The van der Waals surface area contributed by atoms with Crippen molar-refractivity contribution in [3.8, 4) is 0 Å². The third-order valence-electron chi connectivity index (χ3n) is 7.36. The summed E-state index contributed by atoms with van der Waals surface area (Å²) in [5.41, 5.74) is 21.0. The number of rotatable bonds is 9. The summed E-state index contributed by atoms with van der Waals surface area (Å²) in [6.45, 7) is 9.71. The summed E-state index contributed by atoms with van der Waals surface area (Å²) in [5, 5.41) is 13.8. The van der Waals surface area contributed by atoms with Crippen LogP contribution in [0, 0.1) is 5.92 Å². The Labute approximate surface area is 232 Å². The molecule has 2 aliphatic carbocycles. The summed E-state index contributed by atoms with van der Waals surface area (Å²) in [5.74, 6) is 0.803. The first-order valence-corrected chi connectivity index (χ1v) is 13.9. The molecule has 0 saturated heterocycles. The van der Waals surface area contributed by atoms with Crippen LogP contribution in [0.2, 0.25) is 0 Å². The van der Waals surface area contributed by atoms with Crippen molar-refractivity contribution in [1.29, 1.82) is 0 Å². The lowest BCUT2D eigenvalue weighted by atomic mass is 9.98. The highest BCUT2D eigenvalue weighted by Gasteiger charge is 2.26. The molecule has 0 bridgehead atoms. The molecule has 0 fully saturated rings. The number of nitrogens with two attached hydrogens (primary N) is 2. The minimum atomic E-state index is -0.525. The first-order valence-electron chi connectivity index (χ1n) is 13.9. The third kappa shape index (κ3) is 7.97. The second-order valence-electron chi connectivity index (χ2n) is 9.93. The number of aryl methyl sites for hydroxylation is 2. The van der Waals surface area contributed by atoms with Crippen molar-refractivity contribution in [2.75, 3.05) is 25.0 Å². The quantitative estimate of drug-likeness (QED) is 0.230. The molecule has 0 spiro atoms. The number of ether oxygens (including phenoxy) is 1. The monoisotopic (exact) mass is 536 g/mol. The maximum Gasteiger partial charge on any atom is 0.339 e. The number of nitrogens with zero attached hydrogens (tertiary/aromatic N) is 2. The van der Waals surface area contributed by atoms with Crippen LogP contribution in [-0.2, 0) is 30.4 Å². The zero-order valence-corrected chi connectivity index (χ0v) is 23.3. The van der Waals surface area contributed by atoms with Gasteiger partial charge in [0, 0.05) is 31.4 Å². The molecule has 1 heterocycles. The highest BCUT2D eigenvalue weighted by atomic mass is 16.6. The molecule has 212 valence electrons. The van der Waals surface area contributed by atoms with Gasteiger partial charge in [0.05, 0.1) is 6.61 Å². The second-order valence-corrected chi connectivity index (χ2v) is 9.93. The van der Waals surface area contributed by atoms with Crippen LogP contribution in [0.1, 0.15) is 61.8 Å². The molecule has 9 nitrogen and oxygen atoms in total. The number of hydrazine groups is 1. The molecule has 1 atom stereocenters. The maximum absolute atomic E-state index is 12.6. The molecule has 1 aliphatic heterocycles. The Morgan fingerprint density at radius 3 is 2.44 bits per heavy atom. The number of benzene rings is 1. The lowest BCUT2D eigenvalue weighted by Crippen LogP contribution is -2.44. The van der Waals surface area contributed by atoms with Crippen LogP contribution in [0.25, 0.3) is 0 Å². The van der Waals surface area contributed by atoms with Crippen LogP contribution < -0.4 is 22.2 Å². The normalized spacial score (nSPS) is 17.3. The second kappa shape index (κ2) is 15.1. The van der Waals surface area contributed by atoms with Gasteiger partial charge in [-0.15, -0.1) is 0 Å². The topological polar surface area (TPSA) is 138 Å². The number of hydroxylamine groups is 1. The summed E-state index contributed by atoms with van der Waals surface area (Å²) >= 11 is 0. The van der Waals surface area contributed by atoms with Gasteiger partial charge in [0.25, 0.3) is 0 Å². The van der Waals surface area contributed by atoms with Gasteiger partial charge in [0.1, 0.15) is 0 Å². The molecule has 4 rings (SSSR count). The van der Waals surface area contributed by atoms with Gasteiger partial charge < -0.3 is 21.5 Å². The fourth-order valence-electron chi connectivity index (χ4n) is 5.07. The number of hydrogen-bond acceptors (Lipinski definition) is 7. The molecule has 1 unspecified atom stereocenters. The number of fused-ring (bicyclic) bond motifs is 2. The molecule has 39 heavy (non-hydrogen) atoms. The van der Waals surface area contributed by atoms with E-state index in [1.165, 1.54) is 27.8 Å². The fraction of sp³-hybridized carbons (Fsp3) is 0.467. The first-order chi connectivity index (χ1) is 18.9. The Kier molecular flexibility index (Phi) is 11.6. The van der Waals surface area contributed by atoms with E-state index in [0.717, 1.165) is 63.3 Å². The van der Waals surface area contributed by atoms with Crippen LogP contribution in [-0.4, -0.2) is 42.0 Å². The van der Waals surface area contributed by atoms with Crippen LogP contribution >= 0.6 is 0 Å². The van der Waals surface area contributed by atoms with E-state index >= 15 is 0 Å². The Balaban J connectivity index is 0.000000298. The minimum absolute atomic E-state index is 0.105. The Hall–Kier alpha value is -3.56. The molecule has 3 aliphatic rings. The number of allylic oxidation sites excluding steroid dienone is 4. The van der Waals surface area contributed by atoms with Gasteiger partial charge in [0.15, 0.2) is 5.70 Å². The number of amides is 2. The van der Waals surface area contributed by atoms with E-state index in [-0.39, 0.29) is 11.6 Å². The van der Waals surface area contributed by atoms with E-state index in [1.807, 2.05) is 12.2 Å². The molecular formula is C30H44N6O3. The van der Waals surface area contributed by atoms with Gasteiger partial charge in [-0.3, -0.25) is 5.21 Å². The minimum Gasteiger partial charge on any atom is -0.476 e. The van der Waals surface area contributed by atoms with Crippen LogP contribution in [0.3, 0.4) is 0 Å². The maximum atomic E-state index is 12.6. The fourth-order valence-corrected chi connectivity index (χ4v) is 5.07. The highest BCUT2D eigenvalue weighted by molar-refractivity contribution is 5.95. The molecule has 9 heteroatoms. The number of aliphatic imine (C=N–C) groups is 1. The van der Waals surface area contributed by atoms with E-state index in [9.17, 15) is 10.0 Å². The number of nitrogens with one attached hydrogen (secondary N) is 2. The summed E-state index contributed by atoms with van der Waals surface area (Å²) in [6, 6.07) is 1.78. The summed E-state index contributed by atoms with van der Waals surface area (Å²) in [6.07, 6.45) is 17.1. The zero-order chi connectivity index (χ0) is 28.2. The van der Waals surface area contributed by atoms with E-state index < -0.39 is 6.03 Å². The van der Waals surface area contributed by atoms with E-state index in [1.54, 1.807) is 6.08 Å². The lowest BCUT2D eigenvalue weighted by molar-refractivity contribution is -0.0830. The van der Waals surface area contributed by atoms with Crippen LogP contribution in [0.5, 0.6) is 0 Å². The van der Waals surface area contributed by atoms with Gasteiger partial charge >= 0.3 is 6.03 Å². The zero-order valence-electron chi connectivity index (χ0n) is 23.3. The highest BCUT2D eigenvalue weighted by Crippen LogP contribution is 2.38. The van der Waals surface area contributed by atoms with Crippen molar-refractivity contribution >= 4 is 17.6 Å². The van der Waals surface area contributed by atoms with Gasteiger partial charge in [-0.05, 0) is 73.1 Å². The average Bonchev–Trinajstić information content (AvgIpc) is 3.62. The van der Waals surface area contributed by atoms with E-state index in [4.69, 9.17) is 16.2 Å². The largest absolute Gasteiger partial charge is 0.476 e. The van der Waals surface area contributed by atoms with Gasteiger partial charge in [-0.2, -0.15) is 5.17 Å². The molecule has 0 saturated carbocycles. The molecular weight excluding hydrogens is 492 g/mol. The summed E-state index contributed by atoms with van der Waals surface area (Å²) in [4.78, 5) is 16.7. The molecule has 2 amide bonds. The SMILES string of the molecule is C=C/C=C\C=C(\CN)C(C)CC.N/C=C(\C1=NCCCO1)N(O)NC(=O)Nc1c2c(cc3c1CCC3)CCC2. The van der Waals surface area contributed by atoms with Crippen molar-refractivity contribution in [3.05, 3.63) is 76.7 Å². The van der Waals surface area contributed by atoms with Crippen molar-refractivity contribution in [2.24, 2.45) is 22.4 Å². The molecule has 1 aromatic carbocycles. The van der Waals surface area contributed by atoms with Gasteiger partial charge in [-0.25, -0.2) is 15.2 Å². The van der Waals surface area contributed by atoms with Crippen molar-refractivity contribution in [3.63, 3.8) is 0 Å². The Morgan fingerprint density at radius 2 is 1.90 bits per heavy atom. The average molecular weight is 537 g/mol. The van der Waals surface area contributed by atoms with Crippen molar-refractivity contribution in [2.45, 2.75) is 65.2 Å². The van der Waals surface area contributed by atoms with Crippen LogP contribution in [0.15, 0.2) is 59.4 Å². The standard InChI is InChI=1S/C19H25N5O3.C11H19N/c20-11-16(18-21-8-3-9-27-18)24(26)23-19(25)22-17-14-6-1-4-12(14)10-13-5-2-7-15(13)17;1-4-6-7-8-11(9-12)10(3)5-2/h10-11,26H,1-9,20H2,(H2,22,23,25);4,6-8,10H,1,5,9,12H2,2-3H3/b16-11+;7-6-,11-8-. The molecule has 1 aromatic rings. The first kappa shape index (κ1) is 30.0. The lowest BCUT2D eigenvalue weighted by Gasteiger charge is -2.24. The predicted molar refractivity (Wildman–Crippen MR) is 157 cm³/mol. The number of carbonyl (C=O) groups is 1. The smallest absolute Gasteiger partial charge is 0.339 e. The predicted octanol–water partition coefficient (Wildman–Crippen LogP) is 4.67. The number of carbonyl (C=O) groups excluding carboxylic acids is 1. The summed E-state index contributed by atoms with van der Waals surface area (Å²) in [7, 11) is 0. The van der Waals surface area contributed by atoms with E-state index in [0.29, 0.717) is 30.8 Å². The molecule has 7 N–H and O–H groups in total.